The Labute approximate surface area is 128 Å². The van der Waals surface area contributed by atoms with Crippen molar-refractivity contribution in [1.82, 2.24) is 15.1 Å². The van der Waals surface area contributed by atoms with Crippen molar-refractivity contribution in [2.45, 2.75) is 32.6 Å². The summed E-state index contributed by atoms with van der Waals surface area (Å²) in [7, 11) is 0. The highest BCUT2D eigenvalue weighted by Gasteiger charge is 2.29. The molecule has 1 aliphatic heterocycles. The molecule has 21 heavy (non-hydrogen) atoms. The van der Waals surface area contributed by atoms with Crippen LogP contribution >= 0.6 is 11.3 Å². The first-order chi connectivity index (χ1) is 10.1. The van der Waals surface area contributed by atoms with Crippen LogP contribution in [0.1, 0.15) is 38.5 Å². The molecule has 0 radical (unpaired) electrons. The molecule has 0 unspecified atom stereocenters. The van der Waals surface area contributed by atoms with Gasteiger partial charge in [-0.25, -0.2) is 0 Å². The molecule has 1 fully saturated rings. The van der Waals surface area contributed by atoms with Crippen molar-refractivity contribution in [3.8, 4) is 10.8 Å². The number of rotatable bonds is 3. The van der Waals surface area contributed by atoms with Gasteiger partial charge in [0, 0.05) is 19.0 Å². The Kier molecular flexibility index (Phi) is 4.05. The summed E-state index contributed by atoms with van der Waals surface area (Å²) in [5.41, 5.74) is 0. The summed E-state index contributed by atoms with van der Waals surface area (Å²) in [6.45, 7) is 5.39. The molecule has 0 saturated carbocycles. The summed E-state index contributed by atoms with van der Waals surface area (Å²) in [6, 6.07) is 3.94. The van der Waals surface area contributed by atoms with E-state index in [1.54, 1.807) is 11.3 Å². The van der Waals surface area contributed by atoms with E-state index in [4.69, 9.17) is 4.42 Å². The molecular weight excluding hydrogens is 286 g/mol. The van der Waals surface area contributed by atoms with E-state index in [0.29, 0.717) is 18.3 Å². The van der Waals surface area contributed by atoms with E-state index >= 15 is 0 Å². The topological polar surface area (TPSA) is 59.2 Å². The first-order valence-corrected chi connectivity index (χ1v) is 8.19. The highest BCUT2D eigenvalue weighted by molar-refractivity contribution is 7.13. The van der Waals surface area contributed by atoms with Crippen LogP contribution in [0.25, 0.3) is 10.8 Å². The summed E-state index contributed by atoms with van der Waals surface area (Å²) >= 11 is 1.58. The molecule has 1 saturated heterocycles. The van der Waals surface area contributed by atoms with Gasteiger partial charge in [0.2, 0.25) is 11.8 Å². The van der Waals surface area contributed by atoms with Crippen LogP contribution in [0.4, 0.5) is 0 Å². The van der Waals surface area contributed by atoms with Gasteiger partial charge in [-0.15, -0.1) is 21.5 Å². The minimum atomic E-state index is 0.0353. The van der Waals surface area contributed by atoms with Crippen LogP contribution in [0.3, 0.4) is 0 Å². The third-order valence-electron chi connectivity index (χ3n) is 3.75. The van der Waals surface area contributed by atoms with Gasteiger partial charge < -0.3 is 9.32 Å². The van der Waals surface area contributed by atoms with Gasteiger partial charge in [0.15, 0.2) is 0 Å². The fraction of sp³-hybridized carbons (Fsp3) is 0.533. The molecule has 0 aliphatic carbocycles. The summed E-state index contributed by atoms with van der Waals surface area (Å²) < 4.78 is 5.81. The molecule has 1 amide bonds. The normalized spacial score (nSPS) is 19.2. The van der Waals surface area contributed by atoms with E-state index in [1.807, 2.05) is 36.3 Å². The predicted molar refractivity (Wildman–Crippen MR) is 81.0 cm³/mol. The lowest BCUT2D eigenvalue weighted by Gasteiger charge is -2.32. The van der Waals surface area contributed by atoms with Crippen molar-refractivity contribution >= 4 is 17.2 Å². The summed E-state index contributed by atoms with van der Waals surface area (Å²) in [4.78, 5) is 15.0. The molecule has 0 aromatic carbocycles. The van der Waals surface area contributed by atoms with E-state index in [-0.39, 0.29) is 17.7 Å². The monoisotopic (exact) mass is 305 g/mol. The van der Waals surface area contributed by atoms with Crippen molar-refractivity contribution in [2.75, 3.05) is 13.1 Å². The largest absolute Gasteiger partial charge is 0.420 e. The number of nitrogens with zero attached hydrogens (tertiary/aromatic N) is 3. The zero-order chi connectivity index (χ0) is 14.8. The van der Waals surface area contributed by atoms with Crippen LogP contribution in [0.2, 0.25) is 0 Å². The van der Waals surface area contributed by atoms with Crippen molar-refractivity contribution < 1.29 is 9.21 Å². The lowest BCUT2D eigenvalue weighted by Crippen LogP contribution is -2.41. The number of aromatic nitrogens is 2. The van der Waals surface area contributed by atoms with Gasteiger partial charge in [0.25, 0.3) is 5.89 Å². The maximum atomic E-state index is 12.1. The van der Waals surface area contributed by atoms with Gasteiger partial charge in [0.05, 0.1) is 10.8 Å². The number of piperidine rings is 1. The summed E-state index contributed by atoms with van der Waals surface area (Å²) in [6.07, 6.45) is 1.98. The predicted octanol–water partition coefficient (Wildman–Crippen LogP) is 3.16. The van der Waals surface area contributed by atoms with Crippen LogP contribution in [0.15, 0.2) is 21.9 Å². The van der Waals surface area contributed by atoms with E-state index < -0.39 is 0 Å². The first kappa shape index (κ1) is 14.3. The molecule has 1 aliphatic rings. The van der Waals surface area contributed by atoms with Crippen molar-refractivity contribution in [2.24, 2.45) is 5.92 Å². The first-order valence-electron chi connectivity index (χ1n) is 7.31. The van der Waals surface area contributed by atoms with Crippen molar-refractivity contribution in [1.29, 1.82) is 0 Å². The Balaban J connectivity index is 1.73. The maximum Gasteiger partial charge on any atom is 0.257 e. The van der Waals surface area contributed by atoms with E-state index in [1.165, 1.54) is 0 Å². The minimum absolute atomic E-state index is 0.0353. The Hall–Kier alpha value is -1.69. The minimum Gasteiger partial charge on any atom is -0.420 e. The average molecular weight is 305 g/mol. The van der Waals surface area contributed by atoms with Gasteiger partial charge in [-0.1, -0.05) is 19.9 Å². The molecular formula is C15H19N3O2S. The van der Waals surface area contributed by atoms with Gasteiger partial charge in [-0.2, -0.15) is 0 Å². The Morgan fingerprint density at radius 1 is 1.48 bits per heavy atom. The number of hydrogen-bond donors (Lipinski definition) is 0. The molecule has 2 aromatic rings. The number of amides is 1. The SMILES string of the molecule is CC(C)C(=O)N1CCC[C@@H](c2nnc(-c3cccs3)o2)C1. The molecule has 5 nitrogen and oxygen atoms in total. The standard InChI is InChI=1S/C15H19N3O2S/c1-10(2)15(19)18-7-3-5-11(9-18)13-16-17-14(20-13)12-6-4-8-21-12/h4,6,8,10-11H,3,5,7,9H2,1-2H3/t11-/m1/s1. The van der Waals surface area contributed by atoms with E-state index in [2.05, 4.69) is 10.2 Å². The molecule has 112 valence electrons. The number of thiophene rings is 1. The molecule has 0 N–H and O–H groups in total. The second kappa shape index (κ2) is 5.97. The Morgan fingerprint density at radius 2 is 2.33 bits per heavy atom. The molecule has 6 heteroatoms. The van der Waals surface area contributed by atoms with Crippen LogP contribution < -0.4 is 0 Å². The van der Waals surface area contributed by atoms with Crippen molar-refractivity contribution in [3.63, 3.8) is 0 Å². The Morgan fingerprint density at radius 3 is 3.05 bits per heavy atom. The number of carbonyl (C=O) groups excluding carboxylic acids is 1. The summed E-state index contributed by atoms with van der Waals surface area (Å²) in [5.74, 6) is 1.63. The highest BCUT2D eigenvalue weighted by Crippen LogP contribution is 2.30. The third-order valence-corrected chi connectivity index (χ3v) is 4.61. The number of hydrogen-bond acceptors (Lipinski definition) is 5. The third kappa shape index (κ3) is 3.00. The molecule has 3 heterocycles. The highest BCUT2D eigenvalue weighted by atomic mass is 32.1. The van der Waals surface area contributed by atoms with Crippen LogP contribution in [0, 0.1) is 5.92 Å². The van der Waals surface area contributed by atoms with Crippen LogP contribution in [-0.2, 0) is 4.79 Å². The van der Waals surface area contributed by atoms with Gasteiger partial charge in [-0.3, -0.25) is 4.79 Å². The molecule has 0 bridgehead atoms. The molecule has 0 spiro atoms. The average Bonchev–Trinajstić information content (AvgIpc) is 3.17. The van der Waals surface area contributed by atoms with E-state index in [9.17, 15) is 4.79 Å². The molecule has 3 rings (SSSR count). The summed E-state index contributed by atoms with van der Waals surface area (Å²) in [5, 5.41) is 10.3. The second-order valence-corrected chi connectivity index (χ2v) is 6.65. The van der Waals surface area contributed by atoms with E-state index in [0.717, 1.165) is 24.3 Å². The zero-order valence-corrected chi connectivity index (χ0v) is 13.1. The second-order valence-electron chi connectivity index (χ2n) is 5.70. The quantitative estimate of drug-likeness (QED) is 0.874. The zero-order valence-electron chi connectivity index (χ0n) is 12.3. The fourth-order valence-electron chi connectivity index (χ4n) is 2.64. The van der Waals surface area contributed by atoms with Crippen molar-refractivity contribution in [3.05, 3.63) is 23.4 Å². The smallest absolute Gasteiger partial charge is 0.257 e. The fourth-order valence-corrected chi connectivity index (χ4v) is 3.29. The lowest BCUT2D eigenvalue weighted by atomic mass is 9.97. The lowest BCUT2D eigenvalue weighted by molar-refractivity contribution is -0.135. The van der Waals surface area contributed by atoms with Gasteiger partial charge in [0.1, 0.15) is 0 Å². The van der Waals surface area contributed by atoms with Gasteiger partial charge >= 0.3 is 0 Å². The number of likely N-dealkylation sites (tertiary alicyclic amines) is 1. The van der Waals surface area contributed by atoms with Gasteiger partial charge in [-0.05, 0) is 24.3 Å². The number of carbonyl (C=O) groups is 1. The van der Waals surface area contributed by atoms with Crippen LogP contribution in [0.5, 0.6) is 0 Å². The molecule has 1 atom stereocenters. The molecule has 2 aromatic heterocycles. The maximum absolute atomic E-state index is 12.1. The van der Waals surface area contributed by atoms with Crippen LogP contribution in [-0.4, -0.2) is 34.1 Å². The Bertz CT molecular complexity index is 606.